The molecule has 0 amide bonds. The molecule has 0 bridgehead atoms. The zero-order valence-electron chi connectivity index (χ0n) is 7.77. The third-order valence-electron chi connectivity index (χ3n) is 2.36. The minimum atomic E-state index is 0.171. The number of nitrogens with two attached hydrogens (primary N) is 1. The van der Waals surface area contributed by atoms with Crippen LogP contribution in [0.4, 0.5) is 0 Å². The van der Waals surface area contributed by atoms with Crippen molar-refractivity contribution in [2.45, 2.75) is 38.6 Å². The summed E-state index contributed by atoms with van der Waals surface area (Å²) < 4.78 is 0. The van der Waals surface area contributed by atoms with Gasteiger partial charge in [0.2, 0.25) is 0 Å². The van der Waals surface area contributed by atoms with Crippen LogP contribution in [0.3, 0.4) is 0 Å². The van der Waals surface area contributed by atoms with E-state index in [1.807, 2.05) is 0 Å². The maximum atomic E-state index is 6.09. The molecular formula is C9H20N2. The molecule has 1 aliphatic rings. The van der Waals surface area contributed by atoms with Crippen LogP contribution >= 0.6 is 0 Å². The molecule has 0 radical (unpaired) electrons. The van der Waals surface area contributed by atoms with Gasteiger partial charge in [0.15, 0.2) is 0 Å². The van der Waals surface area contributed by atoms with Crippen LogP contribution < -0.4 is 5.73 Å². The minimum Gasteiger partial charge on any atom is -0.323 e. The van der Waals surface area contributed by atoms with Gasteiger partial charge in [0.1, 0.15) is 0 Å². The smallest absolute Gasteiger partial charge is 0.0412 e. The first-order chi connectivity index (χ1) is 5.20. The lowest BCUT2D eigenvalue weighted by Gasteiger charge is -2.48. The first-order valence-electron chi connectivity index (χ1n) is 4.71. The molecule has 0 saturated carbocycles. The van der Waals surface area contributed by atoms with Crippen molar-refractivity contribution in [1.82, 2.24) is 4.90 Å². The monoisotopic (exact) mass is 156 g/mol. The summed E-state index contributed by atoms with van der Waals surface area (Å²) in [4.78, 5) is 2.44. The SMILES string of the molecule is CCCN1CC(N)(CCC)C1. The summed E-state index contributed by atoms with van der Waals surface area (Å²) in [6, 6.07) is 0. The van der Waals surface area contributed by atoms with Crippen molar-refractivity contribution in [1.29, 1.82) is 0 Å². The van der Waals surface area contributed by atoms with Gasteiger partial charge in [-0.3, -0.25) is 4.90 Å². The molecule has 1 aliphatic heterocycles. The molecule has 0 aliphatic carbocycles. The van der Waals surface area contributed by atoms with Gasteiger partial charge in [-0.1, -0.05) is 20.3 Å². The summed E-state index contributed by atoms with van der Waals surface area (Å²) in [5.41, 5.74) is 6.26. The van der Waals surface area contributed by atoms with E-state index < -0.39 is 0 Å². The number of hydrogen-bond acceptors (Lipinski definition) is 2. The fourth-order valence-electron chi connectivity index (χ4n) is 1.97. The fourth-order valence-corrected chi connectivity index (χ4v) is 1.97. The average Bonchev–Trinajstić information content (AvgIpc) is 1.85. The molecule has 2 nitrogen and oxygen atoms in total. The second-order valence-electron chi connectivity index (χ2n) is 3.82. The van der Waals surface area contributed by atoms with Crippen molar-refractivity contribution >= 4 is 0 Å². The maximum absolute atomic E-state index is 6.09. The van der Waals surface area contributed by atoms with E-state index in [1.165, 1.54) is 25.8 Å². The number of rotatable bonds is 4. The quantitative estimate of drug-likeness (QED) is 0.663. The largest absolute Gasteiger partial charge is 0.323 e. The Hall–Kier alpha value is -0.0800. The van der Waals surface area contributed by atoms with Gasteiger partial charge in [-0.25, -0.2) is 0 Å². The van der Waals surface area contributed by atoms with Gasteiger partial charge < -0.3 is 5.73 Å². The highest BCUT2D eigenvalue weighted by atomic mass is 15.2. The Balaban J connectivity index is 2.15. The molecule has 66 valence electrons. The van der Waals surface area contributed by atoms with Crippen molar-refractivity contribution in [2.75, 3.05) is 19.6 Å². The summed E-state index contributed by atoms with van der Waals surface area (Å²) in [6.45, 7) is 7.89. The molecule has 1 saturated heterocycles. The standard InChI is InChI=1S/C9H20N2/c1-3-5-9(10)7-11(8-9)6-4-2/h3-8,10H2,1-2H3. The molecule has 0 aromatic heterocycles. The highest BCUT2D eigenvalue weighted by molar-refractivity contribution is 4.98. The Kier molecular flexibility index (Phi) is 2.90. The topological polar surface area (TPSA) is 29.3 Å². The molecule has 0 aromatic rings. The summed E-state index contributed by atoms with van der Waals surface area (Å²) in [6.07, 6.45) is 3.66. The molecule has 11 heavy (non-hydrogen) atoms. The second-order valence-corrected chi connectivity index (χ2v) is 3.82. The van der Waals surface area contributed by atoms with Gasteiger partial charge in [-0.05, 0) is 19.4 Å². The third-order valence-corrected chi connectivity index (χ3v) is 2.36. The Labute approximate surface area is 69.8 Å². The van der Waals surface area contributed by atoms with Gasteiger partial charge in [-0.2, -0.15) is 0 Å². The van der Waals surface area contributed by atoms with Crippen LogP contribution in [0.2, 0.25) is 0 Å². The predicted octanol–water partition coefficient (Wildman–Crippen LogP) is 1.21. The van der Waals surface area contributed by atoms with Crippen molar-refractivity contribution in [3.05, 3.63) is 0 Å². The zero-order chi connectivity index (χ0) is 8.32. The number of likely N-dealkylation sites (tertiary alicyclic amines) is 1. The van der Waals surface area contributed by atoms with E-state index in [1.54, 1.807) is 0 Å². The van der Waals surface area contributed by atoms with Crippen LogP contribution in [0, 0.1) is 0 Å². The van der Waals surface area contributed by atoms with Crippen molar-refractivity contribution in [3.8, 4) is 0 Å². The molecule has 2 N–H and O–H groups in total. The molecule has 0 spiro atoms. The van der Waals surface area contributed by atoms with E-state index in [4.69, 9.17) is 5.73 Å². The van der Waals surface area contributed by atoms with Gasteiger partial charge in [-0.15, -0.1) is 0 Å². The number of hydrogen-bond donors (Lipinski definition) is 1. The fraction of sp³-hybridized carbons (Fsp3) is 1.00. The van der Waals surface area contributed by atoms with Crippen LogP contribution in [0.15, 0.2) is 0 Å². The van der Waals surface area contributed by atoms with E-state index in [0.29, 0.717) is 0 Å². The van der Waals surface area contributed by atoms with Gasteiger partial charge in [0.05, 0.1) is 0 Å². The molecule has 1 rings (SSSR count). The Morgan fingerprint density at radius 2 is 1.91 bits per heavy atom. The Morgan fingerprint density at radius 1 is 1.27 bits per heavy atom. The lowest BCUT2D eigenvalue weighted by molar-refractivity contribution is 0.0642. The van der Waals surface area contributed by atoms with Crippen LogP contribution in [0.1, 0.15) is 33.1 Å². The van der Waals surface area contributed by atoms with E-state index in [-0.39, 0.29) is 5.54 Å². The summed E-state index contributed by atoms with van der Waals surface area (Å²) >= 11 is 0. The lowest BCUT2D eigenvalue weighted by atomic mass is 9.86. The molecule has 0 unspecified atom stereocenters. The van der Waals surface area contributed by atoms with Crippen molar-refractivity contribution in [3.63, 3.8) is 0 Å². The Bertz CT molecular complexity index is 117. The van der Waals surface area contributed by atoms with Crippen LogP contribution in [-0.4, -0.2) is 30.1 Å². The highest BCUT2D eigenvalue weighted by Crippen LogP contribution is 2.22. The highest BCUT2D eigenvalue weighted by Gasteiger charge is 2.37. The predicted molar refractivity (Wildman–Crippen MR) is 48.6 cm³/mol. The van der Waals surface area contributed by atoms with Crippen LogP contribution in [0.5, 0.6) is 0 Å². The molecule has 1 heterocycles. The lowest BCUT2D eigenvalue weighted by Crippen LogP contribution is -2.67. The molecule has 0 atom stereocenters. The van der Waals surface area contributed by atoms with E-state index >= 15 is 0 Å². The normalized spacial score (nSPS) is 23.2. The van der Waals surface area contributed by atoms with E-state index in [9.17, 15) is 0 Å². The summed E-state index contributed by atoms with van der Waals surface area (Å²) in [5.74, 6) is 0. The molecule has 1 fully saturated rings. The Morgan fingerprint density at radius 3 is 2.36 bits per heavy atom. The summed E-state index contributed by atoms with van der Waals surface area (Å²) in [7, 11) is 0. The van der Waals surface area contributed by atoms with E-state index in [2.05, 4.69) is 18.7 Å². The van der Waals surface area contributed by atoms with Crippen molar-refractivity contribution < 1.29 is 0 Å². The number of nitrogens with zero attached hydrogens (tertiary/aromatic N) is 1. The van der Waals surface area contributed by atoms with Gasteiger partial charge >= 0.3 is 0 Å². The first kappa shape index (κ1) is 9.01. The van der Waals surface area contributed by atoms with Gasteiger partial charge in [0.25, 0.3) is 0 Å². The molecular weight excluding hydrogens is 136 g/mol. The van der Waals surface area contributed by atoms with E-state index in [0.717, 1.165) is 13.1 Å². The van der Waals surface area contributed by atoms with Gasteiger partial charge in [0, 0.05) is 18.6 Å². The van der Waals surface area contributed by atoms with Crippen LogP contribution in [0.25, 0.3) is 0 Å². The first-order valence-corrected chi connectivity index (χ1v) is 4.71. The van der Waals surface area contributed by atoms with Crippen molar-refractivity contribution in [2.24, 2.45) is 5.73 Å². The average molecular weight is 156 g/mol. The third kappa shape index (κ3) is 2.17. The zero-order valence-corrected chi connectivity index (χ0v) is 7.77. The maximum Gasteiger partial charge on any atom is 0.0412 e. The molecule has 0 aromatic carbocycles. The van der Waals surface area contributed by atoms with Crippen LogP contribution in [-0.2, 0) is 0 Å². The molecule has 2 heteroatoms. The second kappa shape index (κ2) is 3.55. The summed E-state index contributed by atoms with van der Waals surface area (Å²) in [5, 5.41) is 0. The minimum absolute atomic E-state index is 0.171.